The number of hydrogen-bond donors (Lipinski definition) is 1. The molecule has 0 fully saturated rings. The lowest BCUT2D eigenvalue weighted by Crippen LogP contribution is -2.35. The van der Waals surface area contributed by atoms with Gasteiger partial charge in [-0.3, -0.25) is 0 Å². The highest BCUT2D eigenvalue weighted by Crippen LogP contribution is 2.21. The lowest BCUT2D eigenvalue weighted by atomic mass is 10.0. The van der Waals surface area contributed by atoms with Crippen molar-refractivity contribution >= 4 is 5.82 Å². The van der Waals surface area contributed by atoms with Crippen LogP contribution in [0.15, 0.2) is 12.3 Å². The molecule has 20 heavy (non-hydrogen) atoms. The minimum absolute atomic E-state index is 0.134. The van der Waals surface area contributed by atoms with Gasteiger partial charge in [0.05, 0.1) is 0 Å². The number of nitrogens with zero attached hydrogens (tertiary/aromatic N) is 2. The predicted octanol–water partition coefficient (Wildman–Crippen LogP) is 3.76. The largest absolute Gasteiger partial charge is 0.357 e. The zero-order chi connectivity index (χ0) is 15.5. The van der Waals surface area contributed by atoms with Crippen molar-refractivity contribution < 1.29 is 0 Å². The maximum absolute atomic E-state index is 4.67. The summed E-state index contributed by atoms with van der Waals surface area (Å²) in [7, 11) is 2.13. The summed E-state index contributed by atoms with van der Waals surface area (Å²) < 4.78 is 0. The van der Waals surface area contributed by atoms with E-state index in [4.69, 9.17) is 0 Å². The molecule has 114 valence electrons. The minimum Gasteiger partial charge on any atom is -0.357 e. The van der Waals surface area contributed by atoms with Crippen LogP contribution in [0.2, 0.25) is 0 Å². The fourth-order valence-electron chi connectivity index (χ4n) is 2.10. The molecule has 0 radical (unpaired) electrons. The molecule has 0 saturated carbocycles. The van der Waals surface area contributed by atoms with E-state index in [-0.39, 0.29) is 5.54 Å². The third-order valence-electron chi connectivity index (χ3n) is 3.84. The Kier molecular flexibility index (Phi) is 5.58. The van der Waals surface area contributed by atoms with Crippen LogP contribution in [0.5, 0.6) is 0 Å². The first-order valence-corrected chi connectivity index (χ1v) is 7.55. The monoisotopic (exact) mass is 277 g/mol. The Morgan fingerprint density at radius 3 is 2.30 bits per heavy atom. The quantitative estimate of drug-likeness (QED) is 0.888. The zero-order valence-electron chi connectivity index (χ0n) is 14.4. The van der Waals surface area contributed by atoms with Gasteiger partial charge >= 0.3 is 0 Å². The second kappa shape index (κ2) is 6.57. The Bertz CT molecular complexity index is 432. The first-order valence-electron chi connectivity index (χ1n) is 7.55. The second-order valence-corrected chi connectivity index (χ2v) is 7.18. The van der Waals surface area contributed by atoms with Crippen molar-refractivity contribution in [1.29, 1.82) is 0 Å². The van der Waals surface area contributed by atoms with Crippen LogP contribution in [0, 0.1) is 12.8 Å². The molecular formula is C17H31N3. The third-order valence-corrected chi connectivity index (χ3v) is 3.84. The van der Waals surface area contributed by atoms with Crippen LogP contribution in [0.1, 0.15) is 52.7 Å². The Labute approximate surface area is 124 Å². The van der Waals surface area contributed by atoms with Gasteiger partial charge < -0.3 is 10.2 Å². The van der Waals surface area contributed by atoms with E-state index in [1.807, 2.05) is 6.20 Å². The topological polar surface area (TPSA) is 28.2 Å². The molecule has 1 aromatic rings. The van der Waals surface area contributed by atoms with Crippen LogP contribution in [-0.2, 0) is 6.54 Å². The van der Waals surface area contributed by atoms with E-state index < -0.39 is 0 Å². The lowest BCUT2D eigenvalue weighted by molar-refractivity contribution is 0.424. The van der Waals surface area contributed by atoms with Crippen molar-refractivity contribution in [2.45, 2.75) is 66.6 Å². The Morgan fingerprint density at radius 2 is 1.85 bits per heavy atom. The molecule has 0 amide bonds. The lowest BCUT2D eigenvalue weighted by Gasteiger charge is -2.30. The highest BCUT2D eigenvalue weighted by Gasteiger charge is 2.17. The second-order valence-electron chi connectivity index (χ2n) is 7.18. The standard InChI is InChI=1S/C17H31N3/c1-12(2)14(4)20(8)16-13(3)9-15(10-18-16)11-19-17(5,6)7/h9-10,12,14,19H,11H2,1-8H3. The average molecular weight is 277 g/mol. The summed E-state index contributed by atoms with van der Waals surface area (Å²) in [6, 6.07) is 2.73. The Hall–Kier alpha value is -1.09. The van der Waals surface area contributed by atoms with Crippen molar-refractivity contribution in [2.24, 2.45) is 5.92 Å². The molecule has 0 saturated heterocycles. The van der Waals surface area contributed by atoms with E-state index in [0.29, 0.717) is 12.0 Å². The molecule has 3 heteroatoms. The number of hydrogen-bond acceptors (Lipinski definition) is 3. The van der Waals surface area contributed by atoms with Crippen LogP contribution in [0.25, 0.3) is 0 Å². The molecule has 0 aliphatic carbocycles. The summed E-state index contributed by atoms with van der Waals surface area (Å²) in [6.45, 7) is 16.3. The van der Waals surface area contributed by atoms with Crippen molar-refractivity contribution in [2.75, 3.05) is 11.9 Å². The fourth-order valence-corrected chi connectivity index (χ4v) is 2.10. The molecule has 1 unspecified atom stereocenters. The smallest absolute Gasteiger partial charge is 0.131 e. The molecule has 1 rings (SSSR count). The van der Waals surface area contributed by atoms with Crippen LogP contribution in [-0.4, -0.2) is 23.6 Å². The molecule has 3 nitrogen and oxygen atoms in total. The molecule has 1 N–H and O–H groups in total. The van der Waals surface area contributed by atoms with Gasteiger partial charge in [-0.25, -0.2) is 4.98 Å². The minimum atomic E-state index is 0.134. The van der Waals surface area contributed by atoms with E-state index in [2.05, 4.69) is 76.8 Å². The molecule has 0 aromatic carbocycles. The zero-order valence-corrected chi connectivity index (χ0v) is 14.4. The summed E-state index contributed by atoms with van der Waals surface area (Å²) in [5.41, 5.74) is 2.62. The highest BCUT2D eigenvalue weighted by atomic mass is 15.2. The number of anilines is 1. The summed E-state index contributed by atoms with van der Waals surface area (Å²) >= 11 is 0. The average Bonchev–Trinajstić information content (AvgIpc) is 2.33. The van der Waals surface area contributed by atoms with Crippen LogP contribution in [0.4, 0.5) is 5.82 Å². The van der Waals surface area contributed by atoms with E-state index in [1.54, 1.807) is 0 Å². The SMILES string of the molecule is Cc1cc(CNC(C)(C)C)cnc1N(C)C(C)C(C)C. The van der Waals surface area contributed by atoms with Crippen LogP contribution < -0.4 is 10.2 Å². The van der Waals surface area contributed by atoms with E-state index in [0.717, 1.165) is 12.4 Å². The molecular weight excluding hydrogens is 246 g/mol. The van der Waals surface area contributed by atoms with Gasteiger partial charge in [0.25, 0.3) is 0 Å². The normalized spacial score (nSPS) is 13.7. The van der Waals surface area contributed by atoms with Gasteiger partial charge in [0.1, 0.15) is 5.82 Å². The van der Waals surface area contributed by atoms with E-state index >= 15 is 0 Å². The highest BCUT2D eigenvalue weighted by molar-refractivity contribution is 5.47. The Balaban J connectivity index is 2.83. The van der Waals surface area contributed by atoms with E-state index in [9.17, 15) is 0 Å². The first kappa shape index (κ1) is 17.0. The molecule has 0 spiro atoms. The summed E-state index contributed by atoms with van der Waals surface area (Å²) in [6.07, 6.45) is 1.99. The molecule has 0 aliphatic rings. The van der Waals surface area contributed by atoms with Crippen LogP contribution >= 0.6 is 0 Å². The van der Waals surface area contributed by atoms with Crippen molar-refractivity contribution in [3.63, 3.8) is 0 Å². The maximum atomic E-state index is 4.67. The first-order chi connectivity index (χ1) is 9.11. The van der Waals surface area contributed by atoms with Crippen molar-refractivity contribution in [1.82, 2.24) is 10.3 Å². The Morgan fingerprint density at radius 1 is 1.25 bits per heavy atom. The van der Waals surface area contributed by atoms with Gasteiger partial charge in [0.2, 0.25) is 0 Å². The number of rotatable bonds is 5. The fraction of sp³-hybridized carbons (Fsp3) is 0.706. The number of nitrogens with one attached hydrogen (secondary N) is 1. The molecule has 1 atom stereocenters. The molecule has 1 aromatic heterocycles. The van der Waals surface area contributed by atoms with Gasteiger partial charge in [-0.1, -0.05) is 13.8 Å². The summed E-state index contributed by atoms with van der Waals surface area (Å²) in [5.74, 6) is 1.70. The van der Waals surface area contributed by atoms with Gasteiger partial charge in [0, 0.05) is 31.4 Å². The van der Waals surface area contributed by atoms with Crippen LogP contribution in [0.3, 0.4) is 0 Å². The molecule has 1 heterocycles. The van der Waals surface area contributed by atoms with Gasteiger partial charge in [0.15, 0.2) is 0 Å². The summed E-state index contributed by atoms with van der Waals surface area (Å²) in [4.78, 5) is 6.95. The number of aryl methyl sites for hydroxylation is 1. The predicted molar refractivity (Wildman–Crippen MR) is 88.3 cm³/mol. The number of aromatic nitrogens is 1. The van der Waals surface area contributed by atoms with Gasteiger partial charge in [-0.15, -0.1) is 0 Å². The number of pyridine rings is 1. The third kappa shape index (κ3) is 4.78. The molecule has 0 aliphatic heterocycles. The van der Waals surface area contributed by atoms with E-state index in [1.165, 1.54) is 11.1 Å². The molecule has 0 bridgehead atoms. The summed E-state index contributed by atoms with van der Waals surface area (Å²) in [5, 5.41) is 3.50. The van der Waals surface area contributed by atoms with Gasteiger partial charge in [-0.05, 0) is 57.7 Å². The maximum Gasteiger partial charge on any atom is 0.131 e. The van der Waals surface area contributed by atoms with Crippen molar-refractivity contribution in [3.05, 3.63) is 23.4 Å². The van der Waals surface area contributed by atoms with Gasteiger partial charge in [-0.2, -0.15) is 0 Å². The van der Waals surface area contributed by atoms with Crippen molar-refractivity contribution in [3.8, 4) is 0 Å².